The number of hydrogen-bond donors (Lipinski definition) is 5. The van der Waals surface area contributed by atoms with Crippen molar-refractivity contribution in [2.75, 3.05) is 26.2 Å². The Morgan fingerprint density at radius 1 is 1.10 bits per heavy atom. The third-order valence-electron chi connectivity index (χ3n) is 4.99. The average Bonchev–Trinajstić information content (AvgIpc) is 3.01. The van der Waals surface area contributed by atoms with Crippen molar-refractivity contribution in [3.8, 4) is 0 Å². The lowest BCUT2D eigenvalue weighted by atomic mass is 10.1. The predicted molar refractivity (Wildman–Crippen MR) is 114 cm³/mol. The van der Waals surface area contributed by atoms with Crippen molar-refractivity contribution in [1.29, 1.82) is 0 Å². The molecule has 0 radical (unpaired) electrons. The summed E-state index contributed by atoms with van der Waals surface area (Å²) in [5.41, 5.74) is 7.11. The molecule has 1 aromatic rings. The van der Waals surface area contributed by atoms with Crippen molar-refractivity contribution in [1.82, 2.24) is 0 Å². The highest BCUT2D eigenvalue weighted by molar-refractivity contribution is 6.34. The van der Waals surface area contributed by atoms with Gasteiger partial charge in [0, 0.05) is 40.4 Å². The smallest absolute Gasteiger partial charge is 0.335 e. The van der Waals surface area contributed by atoms with Crippen LogP contribution in [0.15, 0.2) is 18.2 Å². The molecule has 1 heterocycles. The fourth-order valence-corrected chi connectivity index (χ4v) is 4.46. The summed E-state index contributed by atoms with van der Waals surface area (Å²) in [6.07, 6.45) is -3.30. The van der Waals surface area contributed by atoms with E-state index in [9.17, 15) is 9.59 Å². The van der Waals surface area contributed by atoms with E-state index in [0.717, 1.165) is 27.6 Å². The van der Waals surface area contributed by atoms with Gasteiger partial charge in [0.15, 0.2) is 12.2 Å². The second-order valence-corrected chi connectivity index (χ2v) is 9.09. The lowest BCUT2D eigenvalue weighted by Gasteiger charge is -2.36. The average molecular weight is 466 g/mol. The number of carbonyl (C=O) groups is 2. The molecule has 8 nitrogen and oxygen atoms in total. The molecule has 4 atom stereocenters. The van der Waals surface area contributed by atoms with Gasteiger partial charge in [-0.2, -0.15) is 0 Å². The number of nitrogens with zero attached hydrogens (tertiary/aromatic N) is 1. The summed E-state index contributed by atoms with van der Waals surface area (Å²) in [7, 11) is 0. The maximum atomic E-state index is 9.77. The Morgan fingerprint density at radius 3 is 1.97 bits per heavy atom. The lowest BCUT2D eigenvalue weighted by molar-refractivity contribution is -0.933. The fourth-order valence-electron chi connectivity index (χ4n) is 3.89. The maximum Gasteiger partial charge on any atom is 0.335 e. The number of carboxylic acids is 2. The number of hydrogen-bond acceptors (Lipinski definition) is 5. The number of quaternary nitrogens is 1. The third kappa shape index (κ3) is 8.37. The van der Waals surface area contributed by atoms with E-state index < -0.39 is 24.1 Å². The summed E-state index contributed by atoms with van der Waals surface area (Å²) < 4.78 is 1.12. The molecule has 1 aliphatic heterocycles. The predicted octanol–water partition coefficient (Wildman–Crippen LogP) is 1.82. The van der Waals surface area contributed by atoms with Gasteiger partial charge in [-0.25, -0.2) is 9.59 Å². The van der Waals surface area contributed by atoms with Gasteiger partial charge in [-0.05, 0) is 18.2 Å². The molecule has 6 N–H and O–H groups in total. The van der Waals surface area contributed by atoms with Crippen LogP contribution in [0.25, 0.3) is 0 Å². The molecule has 30 heavy (non-hydrogen) atoms. The van der Waals surface area contributed by atoms with Gasteiger partial charge in [-0.3, -0.25) is 0 Å². The second-order valence-electron chi connectivity index (χ2n) is 8.22. The SMILES string of the molecule is CC(C)C[N+]1(Cc2cc(Cl)cc(Cl)c2)CC[C@H](CN)C1.O=C(O)C(O)C(O)C(=O)O. The minimum atomic E-state index is -2.27. The standard InChI is InChI=1S/C16H25Cl2N2.C4H6O6/c1-12(2)9-20(4-3-13(8-19)10-20)11-14-5-15(17)7-16(18)6-14;5-1(3(7)8)2(6)4(9)10/h5-7,12-13H,3-4,8-11,19H2,1-2H3;1-2,5-6H,(H,7,8)(H,9,10)/q+1;/t13-,20?;/m1./s1. The first-order valence-electron chi connectivity index (χ1n) is 9.71. The Hall–Kier alpha value is -1.42. The Balaban J connectivity index is 0.000000382. The normalized spacial score (nSPS) is 22.9. The minimum Gasteiger partial charge on any atom is -0.479 e. The highest BCUT2D eigenvalue weighted by Gasteiger charge is 2.38. The first kappa shape index (κ1) is 26.6. The Kier molecular flexibility index (Phi) is 10.5. The van der Waals surface area contributed by atoms with Gasteiger partial charge in [0.25, 0.3) is 0 Å². The highest BCUT2D eigenvalue weighted by Crippen LogP contribution is 2.30. The molecular weight excluding hydrogens is 435 g/mol. The quantitative estimate of drug-likeness (QED) is 0.368. The zero-order chi connectivity index (χ0) is 23.1. The lowest BCUT2D eigenvalue weighted by Crippen LogP contribution is -2.48. The van der Waals surface area contributed by atoms with E-state index in [0.29, 0.717) is 11.8 Å². The summed E-state index contributed by atoms with van der Waals surface area (Å²) in [6, 6.07) is 5.89. The number of aliphatic hydroxyl groups is 2. The molecule has 1 aliphatic rings. The molecule has 3 unspecified atom stereocenters. The Labute approximate surface area is 186 Å². The van der Waals surface area contributed by atoms with Gasteiger partial charge in [-0.15, -0.1) is 0 Å². The summed E-state index contributed by atoms with van der Waals surface area (Å²) in [5, 5.41) is 34.0. The van der Waals surface area contributed by atoms with E-state index in [-0.39, 0.29) is 0 Å². The van der Waals surface area contributed by atoms with Crippen molar-refractivity contribution < 1.29 is 34.5 Å². The topological polar surface area (TPSA) is 141 Å². The van der Waals surface area contributed by atoms with Gasteiger partial charge in [-0.1, -0.05) is 37.0 Å². The van der Waals surface area contributed by atoms with Crippen LogP contribution in [0.1, 0.15) is 25.8 Å². The number of likely N-dealkylation sites (tertiary alicyclic amines) is 1. The van der Waals surface area contributed by atoms with Crippen LogP contribution in [0.3, 0.4) is 0 Å². The maximum absolute atomic E-state index is 9.77. The van der Waals surface area contributed by atoms with E-state index in [4.69, 9.17) is 49.4 Å². The largest absolute Gasteiger partial charge is 0.479 e. The molecule has 0 bridgehead atoms. The Bertz CT molecular complexity index is 695. The minimum absolute atomic E-state index is 0.656. The molecule has 2 rings (SSSR count). The van der Waals surface area contributed by atoms with E-state index in [1.165, 1.54) is 31.6 Å². The number of benzene rings is 1. The first-order valence-corrected chi connectivity index (χ1v) is 10.5. The van der Waals surface area contributed by atoms with Gasteiger partial charge in [0.1, 0.15) is 6.54 Å². The van der Waals surface area contributed by atoms with Crippen LogP contribution in [-0.2, 0) is 16.1 Å². The van der Waals surface area contributed by atoms with Crippen LogP contribution in [0.4, 0.5) is 0 Å². The molecule has 0 aromatic heterocycles. The molecule has 0 amide bonds. The van der Waals surface area contributed by atoms with Crippen LogP contribution >= 0.6 is 23.2 Å². The van der Waals surface area contributed by atoms with Crippen molar-refractivity contribution in [2.45, 2.75) is 39.0 Å². The van der Waals surface area contributed by atoms with Crippen LogP contribution in [-0.4, -0.2) is 75.2 Å². The molecule has 0 aliphatic carbocycles. The van der Waals surface area contributed by atoms with E-state index in [2.05, 4.69) is 13.8 Å². The third-order valence-corrected chi connectivity index (χ3v) is 5.42. The van der Waals surface area contributed by atoms with Crippen molar-refractivity contribution in [3.63, 3.8) is 0 Å². The highest BCUT2D eigenvalue weighted by atomic mass is 35.5. The molecule has 1 aromatic carbocycles. The molecule has 0 spiro atoms. The van der Waals surface area contributed by atoms with Gasteiger partial charge in [0.2, 0.25) is 0 Å². The van der Waals surface area contributed by atoms with Gasteiger partial charge >= 0.3 is 11.9 Å². The van der Waals surface area contributed by atoms with Crippen molar-refractivity contribution >= 4 is 35.1 Å². The zero-order valence-electron chi connectivity index (χ0n) is 17.2. The number of rotatable bonds is 8. The number of nitrogens with two attached hydrogens (primary N) is 1. The van der Waals surface area contributed by atoms with E-state index in [1.807, 2.05) is 12.1 Å². The number of carboxylic acid groups (broad SMARTS) is 2. The zero-order valence-corrected chi connectivity index (χ0v) is 18.7. The van der Waals surface area contributed by atoms with Crippen molar-refractivity contribution in [3.05, 3.63) is 33.8 Å². The van der Waals surface area contributed by atoms with Crippen LogP contribution in [0.5, 0.6) is 0 Å². The summed E-state index contributed by atoms with van der Waals surface area (Å²) in [6.45, 7) is 9.98. The first-order chi connectivity index (χ1) is 13.9. The van der Waals surface area contributed by atoms with Crippen LogP contribution in [0.2, 0.25) is 10.0 Å². The molecule has 0 saturated carbocycles. The van der Waals surface area contributed by atoms with Crippen LogP contribution in [0, 0.1) is 11.8 Å². The van der Waals surface area contributed by atoms with Crippen LogP contribution < -0.4 is 5.73 Å². The van der Waals surface area contributed by atoms with Crippen molar-refractivity contribution in [2.24, 2.45) is 17.6 Å². The van der Waals surface area contributed by atoms with Gasteiger partial charge in [0.05, 0.1) is 19.6 Å². The number of aliphatic hydroxyl groups excluding tert-OH is 2. The molecule has 1 saturated heterocycles. The summed E-state index contributed by atoms with van der Waals surface area (Å²) >= 11 is 12.3. The molecule has 1 fully saturated rings. The van der Waals surface area contributed by atoms with E-state index in [1.54, 1.807) is 6.07 Å². The molecule has 10 heteroatoms. The monoisotopic (exact) mass is 465 g/mol. The summed E-state index contributed by atoms with van der Waals surface area (Å²) in [5.74, 6) is -2.20. The number of aliphatic carboxylic acids is 2. The Morgan fingerprint density at radius 2 is 1.60 bits per heavy atom. The molecule has 170 valence electrons. The van der Waals surface area contributed by atoms with E-state index >= 15 is 0 Å². The summed E-state index contributed by atoms with van der Waals surface area (Å²) in [4.78, 5) is 19.5. The molecular formula is C20H31Cl2N2O6+. The number of halogens is 2. The second kappa shape index (κ2) is 11.8. The fraction of sp³-hybridized carbons (Fsp3) is 0.600. The van der Waals surface area contributed by atoms with Gasteiger partial charge < -0.3 is 30.6 Å².